The maximum absolute atomic E-state index is 12.6. The van der Waals surface area contributed by atoms with Gasteiger partial charge in [-0.2, -0.15) is 0 Å². The quantitative estimate of drug-likeness (QED) is 0.788. The molecule has 1 aliphatic carbocycles. The van der Waals surface area contributed by atoms with Gasteiger partial charge in [-0.15, -0.1) is 0 Å². The van der Waals surface area contributed by atoms with Crippen LogP contribution in [0, 0.1) is 12.8 Å². The van der Waals surface area contributed by atoms with Crippen LogP contribution in [-0.4, -0.2) is 11.9 Å². The van der Waals surface area contributed by atoms with E-state index in [9.17, 15) is 9.59 Å². The first kappa shape index (κ1) is 16.1. The molecule has 0 heterocycles. The van der Waals surface area contributed by atoms with Gasteiger partial charge in [0, 0.05) is 11.3 Å². The fourth-order valence-electron chi connectivity index (χ4n) is 2.78. The highest BCUT2D eigenvalue weighted by Gasteiger charge is 2.33. The number of primary amides is 1. The Hall–Kier alpha value is -2.82. The zero-order chi connectivity index (χ0) is 17.1. The Morgan fingerprint density at radius 3 is 2.46 bits per heavy atom. The molecule has 0 radical (unpaired) electrons. The normalized spacial score (nSPS) is 14.7. The Bertz CT molecular complexity index is 751. The molecule has 124 valence electrons. The summed E-state index contributed by atoms with van der Waals surface area (Å²) in [5, 5.41) is 5.61. The van der Waals surface area contributed by atoms with Crippen LogP contribution in [0.4, 0.5) is 10.5 Å². The van der Waals surface area contributed by atoms with Gasteiger partial charge in [0.1, 0.15) is 0 Å². The second kappa shape index (κ2) is 6.74. The van der Waals surface area contributed by atoms with Crippen molar-refractivity contribution < 1.29 is 9.59 Å². The molecule has 4 N–H and O–H groups in total. The van der Waals surface area contributed by atoms with Crippen molar-refractivity contribution in [2.75, 3.05) is 5.32 Å². The number of nitrogens with two attached hydrogens (primary N) is 1. The van der Waals surface area contributed by atoms with E-state index in [4.69, 9.17) is 5.73 Å². The Morgan fingerprint density at radius 2 is 1.83 bits per heavy atom. The van der Waals surface area contributed by atoms with E-state index in [1.54, 1.807) is 24.3 Å². The van der Waals surface area contributed by atoms with E-state index in [0.29, 0.717) is 17.2 Å². The predicted molar refractivity (Wildman–Crippen MR) is 93.8 cm³/mol. The highest BCUT2D eigenvalue weighted by Crippen LogP contribution is 2.41. The molecule has 3 amide bonds. The first-order valence-electron chi connectivity index (χ1n) is 8.07. The van der Waals surface area contributed by atoms with Gasteiger partial charge in [0.2, 0.25) is 0 Å². The van der Waals surface area contributed by atoms with Gasteiger partial charge in [-0.3, -0.25) is 4.79 Å². The van der Waals surface area contributed by atoms with E-state index in [1.807, 2.05) is 6.92 Å². The molecule has 1 atom stereocenters. The number of aryl methyl sites for hydroxylation is 1. The third kappa shape index (κ3) is 3.93. The summed E-state index contributed by atoms with van der Waals surface area (Å²) in [6, 6.07) is 14.4. The van der Waals surface area contributed by atoms with Crippen molar-refractivity contribution >= 4 is 17.6 Å². The number of hydrogen-bond donors (Lipinski definition) is 3. The summed E-state index contributed by atoms with van der Waals surface area (Å²) in [5.41, 5.74) is 8.45. The molecule has 0 aromatic heterocycles. The number of rotatable bonds is 5. The van der Waals surface area contributed by atoms with Crippen LogP contribution in [0.1, 0.15) is 40.4 Å². The van der Waals surface area contributed by atoms with Crippen LogP contribution in [0.5, 0.6) is 0 Å². The molecule has 3 rings (SSSR count). The van der Waals surface area contributed by atoms with Crippen molar-refractivity contribution in [1.29, 1.82) is 0 Å². The summed E-state index contributed by atoms with van der Waals surface area (Å²) in [5.74, 6) is 0.337. The van der Waals surface area contributed by atoms with Gasteiger partial charge >= 0.3 is 6.03 Å². The minimum Gasteiger partial charge on any atom is -0.351 e. The lowest BCUT2D eigenvalue weighted by Gasteiger charge is -2.19. The number of urea groups is 1. The number of nitrogens with one attached hydrogen (secondary N) is 2. The van der Waals surface area contributed by atoms with Gasteiger partial charge in [0.05, 0.1) is 6.04 Å². The van der Waals surface area contributed by atoms with E-state index in [2.05, 4.69) is 34.9 Å². The second-order valence-corrected chi connectivity index (χ2v) is 6.27. The number of hydrogen-bond acceptors (Lipinski definition) is 2. The van der Waals surface area contributed by atoms with Crippen molar-refractivity contribution in [2.24, 2.45) is 11.7 Å². The minimum absolute atomic E-state index is 0.0193. The van der Waals surface area contributed by atoms with Gasteiger partial charge in [0.25, 0.3) is 5.91 Å². The number of amides is 3. The van der Waals surface area contributed by atoms with E-state index >= 15 is 0 Å². The van der Waals surface area contributed by atoms with Gasteiger partial charge in [-0.25, -0.2) is 4.79 Å². The largest absolute Gasteiger partial charge is 0.351 e. The first-order valence-corrected chi connectivity index (χ1v) is 8.07. The Labute approximate surface area is 141 Å². The molecule has 1 saturated carbocycles. The van der Waals surface area contributed by atoms with Crippen molar-refractivity contribution in [3.8, 4) is 0 Å². The fraction of sp³-hybridized carbons (Fsp3) is 0.263. The average Bonchev–Trinajstić information content (AvgIpc) is 3.38. The second-order valence-electron chi connectivity index (χ2n) is 6.27. The van der Waals surface area contributed by atoms with Crippen LogP contribution >= 0.6 is 0 Å². The van der Waals surface area contributed by atoms with Crippen LogP contribution in [0.3, 0.4) is 0 Å². The molecule has 0 spiro atoms. The van der Waals surface area contributed by atoms with E-state index in [-0.39, 0.29) is 11.9 Å². The molecule has 5 heteroatoms. The number of carbonyl (C=O) groups excluding carboxylic acids is 2. The Balaban J connectivity index is 1.76. The Morgan fingerprint density at radius 1 is 1.12 bits per heavy atom. The SMILES string of the molecule is Cc1ccc(C(NC(=O)c2cccc(NC(N)=O)c2)C2CC2)cc1. The van der Waals surface area contributed by atoms with E-state index in [1.165, 1.54) is 5.56 Å². The summed E-state index contributed by atoms with van der Waals surface area (Å²) >= 11 is 0. The topological polar surface area (TPSA) is 84.2 Å². The molecular formula is C19H21N3O2. The van der Waals surface area contributed by atoms with Crippen molar-refractivity contribution in [3.63, 3.8) is 0 Å². The Kier molecular flexibility index (Phi) is 4.51. The van der Waals surface area contributed by atoms with Crippen LogP contribution < -0.4 is 16.4 Å². The highest BCUT2D eigenvalue weighted by molar-refractivity contribution is 5.96. The maximum Gasteiger partial charge on any atom is 0.316 e. The summed E-state index contributed by atoms with van der Waals surface area (Å²) in [6.07, 6.45) is 2.25. The number of benzene rings is 2. The van der Waals surface area contributed by atoms with E-state index < -0.39 is 6.03 Å². The molecule has 5 nitrogen and oxygen atoms in total. The lowest BCUT2D eigenvalue weighted by Crippen LogP contribution is -2.30. The molecule has 24 heavy (non-hydrogen) atoms. The molecule has 1 aliphatic rings. The number of anilines is 1. The zero-order valence-corrected chi connectivity index (χ0v) is 13.6. The van der Waals surface area contributed by atoms with E-state index in [0.717, 1.165) is 18.4 Å². The molecule has 0 bridgehead atoms. The molecular weight excluding hydrogens is 302 g/mol. The third-order valence-corrected chi connectivity index (χ3v) is 4.21. The standard InChI is InChI=1S/C19H21N3O2/c1-12-5-7-13(8-6-12)17(14-9-10-14)22-18(23)15-3-2-4-16(11-15)21-19(20)24/h2-8,11,14,17H,9-10H2,1H3,(H,22,23)(H3,20,21,24). The molecule has 1 fully saturated rings. The van der Waals surface area contributed by atoms with Gasteiger partial charge in [-0.05, 0) is 49.4 Å². The summed E-state index contributed by atoms with van der Waals surface area (Å²) in [7, 11) is 0. The van der Waals surface area contributed by atoms with Crippen molar-refractivity contribution in [1.82, 2.24) is 5.32 Å². The number of carbonyl (C=O) groups is 2. The fourth-order valence-corrected chi connectivity index (χ4v) is 2.78. The lowest BCUT2D eigenvalue weighted by atomic mass is 10.0. The van der Waals surface area contributed by atoms with Crippen LogP contribution in [-0.2, 0) is 0 Å². The summed E-state index contributed by atoms with van der Waals surface area (Å²) < 4.78 is 0. The summed E-state index contributed by atoms with van der Waals surface area (Å²) in [6.45, 7) is 2.05. The molecule has 0 aliphatic heterocycles. The van der Waals surface area contributed by atoms with Gasteiger partial charge in [-0.1, -0.05) is 35.9 Å². The van der Waals surface area contributed by atoms with Crippen LogP contribution in [0.15, 0.2) is 48.5 Å². The predicted octanol–water partition coefficient (Wildman–Crippen LogP) is 3.37. The molecule has 1 unspecified atom stereocenters. The maximum atomic E-state index is 12.6. The van der Waals surface area contributed by atoms with Crippen LogP contribution in [0.2, 0.25) is 0 Å². The lowest BCUT2D eigenvalue weighted by molar-refractivity contribution is 0.0931. The monoisotopic (exact) mass is 323 g/mol. The highest BCUT2D eigenvalue weighted by atomic mass is 16.2. The molecule has 2 aromatic rings. The third-order valence-electron chi connectivity index (χ3n) is 4.21. The average molecular weight is 323 g/mol. The zero-order valence-electron chi connectivity index (χ0n) is 13.6. The first-order chi connectivity index (χ1) is 11.5. The van der Waals surface area contributed by atoms with Crippen molar-refractivity contribution in [2.45, 2.75) is 25.8 Å². The minimum atomic E-state index is -0.650. The van der Waals surface area contributed by atoms with Gasteiger partial charge < -0.3 is 16.4 Å². The molecule has 0 saturated heterocycles. The van der Waals surface area contributed by atoms with Gasteiger partial charge in [0.15, 0.2) is 0 Å². The van der Waals surface area contributed by atoms with Crippen molar-refractivity contribution in [3.05, 3.63) is 65.2 Å². The smallest absolute Gasteiger partial charge is 0.316 e. The molecule has 2 aromatic carbocycles. The van der Waals surface area contributed by atoms with Crippen LogP contribution in [0.25, 0.3) is 0 Å². The summed E-state index contributed by atoms with van der Waals surface area (Å²) in [4.78, 5) is 23.6.